The van der Waals surface area contributed by atoms with Gasteiger partial charge in [0, 0.05) is 26.2 Å². The summed E-state index contributed by atoms with van der Waals surface area (Å²) in [5.74, 6) is 3.38. The van der Waals surface area contributed by atoms with Crippen LogP contribution >= 0.6 is 24.0 Å². The summed E-state index contributed by atoms with van der Waals surface area (Å²) in [5, 5.41) is 15.5. The molecule has 1 fully saturated rings. The van der Waals surface area contributed by atoms with Gasteiger partial charge in [-0.15, -0.1) is 24.0 Å². The lowest BCUT2D eigenvalue weighted by Gasteiger charge is -2.32. The fourth-order valence-corrected chi connectivity index (χ4v) is 3.89. The quantitative estimate of drug-likeness (QED) is 0.228. The lowest BCUT2D eigenvalue weighted by atomic mass is 9.80. The van der Waals surface area contributed by atoms with Crippen LogP contribution in [0.4, 0.5) is 5.82 Å². The molecule has 1 aliphatic rings. The first-order valence-electron chi connectivity index (χ1n) is 10.5. The Morgan fingerprint density at radius 3 is 2.69 bits per heavy atom. The Balaban J connectivity index is 0.00000300. The predicted molar refractivity (Wildman–Crippen MR) is 130 cm³/mol. The number of aromatic nitrogens is 4. The number of halogens is 1. The molecule has 2 aromatic rings. The third-order valence-corrected chi connectivity index (χ3v) is 5.60. The van der Waals surface area contributed by atoms with Crippen LogP contribution in [0.5, 0.6) is 0 Å². The van der Waals surface area contributed by atoms with Crippen LogP contribution in [0.1, 0.15) is 46.5 Å². The van der Waals surface area contributed by atoms with E-state index in [4.69, 9.17) is 4.99 Å². The van der Waals surface area contributed by atoms with E-state index in [9.17, 15) is 0 Å². The second-order valence-corrected chi connectivity index (χ2v) is 7.92. The first-order valence-corrected chi connectivity index (χ1v) is 10.5. The average Bonchev–Trinajstić information content (AvgIpc) is 3.07. The molecule has 29 heavy (non-hydrogen) atoms. The van der Waals surface area contributed by atoms with Crippen molar-refractivity contribution < 1.29 is 0 Å². The minimum atomic E-state index is 0. The van der Waals surface area contributed by atoms with Crippen molar-refractivity contribution in [3.63, 3.8) is 0 Å². The van der Waals surface area contributed by atoms with Gasteiger partial charge < -0.3 is 16.0 Å². The molecule has 3 N–H and O–H groups in total. The molecule has 8 nitrogen and oxygen atoms in total. The Morgan fingerprint density at radius 2 is 2.00 bits per heavy atom. The van der Waals surface area contributed by atoms with Gasteiger partial charge in [-0.05, 0) is 44.4 Å². The minimum absolute atomic E-state index is 0. The summed E-state index contributed by atoms with van der Waals surface area (Å²) in [5.41, 5.74) is 0.827. The van der Waals surface area contributed by atoms with Crippen LogP contribution in [0, 0.1) is 11.8 Å². The summed E-state index contributed by atoms with van der Waals surface area (Å²) in [6.45, 7) is 9.02. The summed E-state index contributed by atoms with van der Waals surface area (Å²) < 4.78 is 1.75. The Kier molecular flexibility index (Phi) is 9.38. The lowest BCUT2D eigenvalue weighted by molar-refractivity contribution is 0.250. The molecule has 1 saturated carbocycles. The third-order valence-electron chi connectivity index (χ3n) is 5.60. The van der Waals surface area contributed by atoms with Crippen LogP contribution in [-0.4, -0.2) is 51.4 Å². The summed E-state index contributed by atoms with van der Waals surface area (Å²) >= 11 is 0. The molecular formula is C20H35IN8. The van der Waals surface area contributed by atoms with Crippen molar-refractivity contribution in [1.82, 2.24) is 30.4 Å². The molecule has 3 rings (SSSR count). The number of guanidine groups is 1. The molecule has 0 unspecified atom stereocenters. The fourth-order valence-electron chi connectivity index (χ4n) is 3.89. The fraction of sp³-hybridized carbons (Fsp3) is 0.700. The molecule has 0 radical (unpaired) electrons. The van der Waals surface area contributed by atoms with E-state index in [0.29, 0.717) is 19.1 Å². The topological polar surface area (TPSA) is 92.1 Å². The van der Waals surface area contributed by atoms with E-state index in [-0.39, 0.29) is 24.0 Å². The van der Waals surface area contributed by atoms with Crippen LogP contribution in [0.25, 0.3) is 11.0 Å². The Labute approximate surface area is 190 Å². The molecule has 0 atom stereocenters. The molecule has 2 aromatic heterocycles. The van der Waals surface area contributed by atoms with Crippen molar-refractivity contribution >= 4 is 46.8 Å². The van der Waals surface area contributed by atoms with Gasteiger partial charge in [-0.25, -0.2) is 9.97 Å². The SMILES string of the molecule is CCNC(=NCCNc1ncnc2c1cnn2C)NC1CCC(C(C)C)CC1.I. The summed E-state index contributed by atoms with van der Waals surface area (Å²) in [6.07, 6.45) is 8.43. The van der Waals surface area contributed by atoms with Gasteiger partial charge in [-0.3, -0.25) is 9.67 Å². The Bertz CT molecular complexity index is 780. The highest BCUT2D eigenvalue weighted by atomic mass is 127. The highest BCUT2D eigenvalue weighted by Gasteiger charge is 2.23. The summed E-state index contributed by atoms with van der Waals surface area (Å²) in [4.78, 5) is 13.3. The molecular weight excluding hydrogens is 479 g/mol. The third kappa shape index (κ3) is 6.42. The van der Waals surface area contributed by atoms with Gasteiger partial charge in [-0.2, -0.15) is 5.10 Å². The van der Waals surface area contributed by atoms with Crippen LogP contribution in [0.15, 0.2) is 17.5 Å². The van der Waals surface area contributed by atoms with E-state index in [0.717, 1.165) is 41.2 Å². The van der Waals surface area contributed by atoms with Gasteiger partial charge in [0.15, 0.2) is 11.6 Å². The van der Waals surface area contributed by atoms with E-state index in [2.05, 4.69) is 51.8 Å². The monoisotopic (exact) mass is 514 g/mol. The second-order valence-electron chi connectivity index (χ2n) is 7.92. The van der Waals surface area contributed by atoms with E-state index >= 15 is 0 Å². The molecule has 162 valence electrons. The molecule has 0 amide bonds. The molecule has 0 bridgehead atoms. The predicted octanol–water partition coefficient (Wildman–Crippen LogP) is 3.16. The van der Waals surface area contributed by atoms with E-state index in [1.165, 1.54) is 25.7 Å². The number of nitrogens with zero attached hydrogens (tertiary/aromatic N) is 5. The average molecular weight is 514 g/mol. The van der Waals surface area contributed by atoms with Crippen molar-refractivity contribution in [3.05, 3.63) is 12.5 Å². The maximum Gasteiger partial charge on any atom is 0.191 e. The highest BCUT2D eigenvalue weighted by molar-refractivity contribution is 14.0. The molecule has 2 heterocycles. The van der Waals surface area contributed by atoms with Gasteiger partial charge >= 0.3 is 0 Å². The van der Waals surface area contributed by atoms with E-state index < -0.39 is 0 Å². The van der Waals surface area contributed by atoms with Crippen LogP contribution in [0.2, 0.25) is 0 Å². The smallest absolute Gasteiger partial charge is 0.191 e. The maximum atomic E-state index is 4.73. The Morgan fingerprint density at radius 1 is 1.24 bits per heavy atom. The number of hydrogen-bond acceptors (Lipinski definition) is 5. The number of hydrogen-bond donors (Lipinski definition) is 3. The number of rotatable bonds is 7. The first kappa shape index (κ1) is 23.6. The number of aryl methyl sites for hydroxylation is 1. The van der Waals surface area contributed by atoms with Crippen molar-refractivity contribution in [2.45, 2.75) is 52.5 Å². The molecule has 1 aliphatic carbocycles. The number of nitrogens with one attached hydrogen (secondary N) is 3. The first-order chi connectivity index (χ1) is 13.6. The normalized spacial score (nSPS) is 19.8. The van der Waals surface area contributed by atoms with E-state index in [1.807, 2.05) is 7.05 Å². The van der Waals surface area contributed by atoms with Crippen molar-refractivity contribution in [1.29, 1.82) is 0 Å². The maximum absolute atomic E-state index is 4.73. The van der Waals surface area contributed by atoms with Crippen LogP contribution < -0.4 is 16.0 Å². The van der Waals surface area contributed by atoms with Gasteiger partial charge in [0.25, 0.3) is 0 Å². The van der Waals surface area contributed by atoms with E-state index in [1.54, 1.807) is 17.2 Å². The lowest BCUT2D eigenvalue weighted by Crippen LogP contribution is -2.45. The van der Waals surface area contributed by atoms with Crippen molar-refractivity contribution in [3.8, 4) is 0 Å². The summed E-state index contributed by atoms with van der Waals surface area (Å²) in [7, 11) is 1.88. The molecule has 0 spiro atoms. The van der Waals surface area contributed by atoms with Gasteiger partial charge in [0.05, 0.1) is 18.1 Å². The Hall–Kier alpha value is -1.65. The standard InChI is InChI=1S/C20H34N8.HI/c1-5-21-20(27-16-8-6-15(7-9-16)14(2)3)23-11-10-22-18-17-12-26-28(4)19(17)25-13-24-18;/h12-16H,5-11H2,1-4H3,(H2,21,23,27)(H,22,24,25);1H. The van der Waals surface area contributed by atoms with Crippen LogP contribution in [-0.2, 0) is 7.05 Å². The van der Waals surface area contributed by atoms with Gasteiger partial charge in [0.1, 0.15) is 12.1 Å². The van der Waals surface area contributed by atoms with Gasteiger partial charge in [0.2, 0.25) is 0 Å². The van der Waals surface area contributed by atoms with Crippen molar-refractivity contribution in [2.24, 2.45) is 23.9 Å². The second kappa shape index (κ2) is 11.5. The number of fused-ring (bicyclic) bond motifs is 1. The zero-order valence-corrected chi connectivity index (χ0v) is 20.3. The largest absolute Gasteiger partial charge is 0.367 e. The molecule has 0 saturated heterocycles. The van der Waals surface area contributed by atoms with Crippen molar-refractivity contribution in [2.75, 3.05) is 25.0 Å². The molecule has 9 heteroatoms. The van der Waals surface area contributed by atoms with Crippen LogP contribution in [0.3, 0.4) is 0 Å². The highest BCUT2D eigenvalue weighted by Crippen LogP contribution is 2.29. The zero-order chi connectivity index (χ0) is 19.9. The minimum Gasteiger partial charge on any atom is -0.367 e. The zero-order valence-electron chi connectivity index (χ0n) is 18.0. The number of aliphatic imine (C=N–C) groups is 1. The van der Waals surface area contributed by atoms with Gasteiger partial charge in [-0.1, -0.05) is 13.8 Å². The molecule has 0 aliphatic heterocycles. The molecule has 0 aromatic carbocycles. The number of anilines is 1. The summed E-state index contributed by atoms with van der Waals surface area (Å²) in [6, 6.07) is 0.526.